The van der Waals surface area contributed by atoms with Crippen molar-refractivity contribution in [2.45, 2.75) is 69.4 Å². The molecule has 2 heterocycles. The maximum absolute atomic E-state index is 13.2. The van der Waals surface area contributed by atoms with Gasteiger partial charge in [-0.05, 0) is 25.3 Å². The molecule has 3 aliphatic rings. The molecule has 0 radical (unpaired) electrons. The fourth-order valence-corrected chi connectivity index (χ4v) is 6.02. The first-order chi connectivity index (χ1) is 16.4. The van der Waals surface area contributed by atoms with Crippen molar-refractivity contribution in [1.29, 1.82) is 0 Å². The molecule has 1 fully saturated rings. The third kappa shape index (κ3) is 3.53. The monoisotopic (exact) mass is 503 g/mol. The average Bonchev–Trinajstić information content (AvgIpc) is 3.28. The summed E-state index contributed by atoms with van der Waals surface area (Å²) in [5, 5.41) is 45.2. The highest BCUT2D eigenvalue weighted by Gasteiger charge is 2.49. The zero-order chi connectivity index (χ0) is 25.4. The Morgan fingerprint density at radius 3 is 2.57 bits per heavy atom. The first-order valence-corrected chi connectivity index (χ1v) is 12.1. The summed E-state index contributed by atoms with van der Waals surface area (Å²) < 4.78 is 11.7. The number of rotatable bonds is 3. The van der Waals surface area contributed by atoms with Crippen LogP contribution in [0.25, 0.3) is 0 Å². The first-order valence-electron chi connectivity index (χ1n) is 11.2. The normalized spacial score (nSPS) is 32.1. The lowest BCUT2D eigenvalue weighted by molar-refractivity contribution is -0.247. The number of phenols is 2. The molecule has 2 aromatic rings. The van der Waals surface area contributed by atoms with Gasteiger partial charge in [0, 0.05) is 42.0 Å². The minimum Gasteiger partial charge on any atom is -0.507 e. The molecular formula is C24H25NO9S. The number of aliphatic hydroxyl groups is 2. The van der Waals surface area contributed by atoms with Crippen LogP contribution in [0.1, 0.15) is 75.1 Å². The highest BCUT2D eigenvalue weighted by atomic mass is 32.1. The zero-order valence-corrected chi connectivity index (χ0v) is 19.8. The molecule has 1 aliphatic heterocycles. The van der Waals surface area contributed by atoms with Gasteiger partial charge in [0.2, 0.25) is 5.78 Å². The van der Waals surface area contributed by atoms with E-state index in [9.17, 15) is 34.8 Å². The van der Waals surface area contributed by atoms with Crippen molar-refractivity contribution in [3.63, 3.8) is 0 Å². The molecule has 2 aliphatic carbocycles. The molecule has 0 amide bonds. The minimum atomic E-state index is -1.96. The van der Waals surface area contributed by atoms with Gasteiger partial charge >= 0.3 is 0 Å². The van der Waals surface area contributed by atoms with Gasteiger partial charge in [-0.1, -0.05) is 0 Å². The molecule has 1 saturated heterocycles. The van der Waals surface area contributed by atoms with Crippen LogP contribution in [0.2, 0.25) is 0 Å². The lowest BCUT2D eigenvalue weighted by Gasteiger charge is -2.42. The number of nitrogens with two attached hydrogens (primary N) is 1. The number of Topliss-reactive ketones (excluding diaryl/α,β-unsaturated/α-hetero) is 1. The van der Waals surface area contributed by atoms with Crippen LogP contribution >= 0.6 is 11.3 Å². The smallest absolute Gasteiger partial charge is 0.208 e. The van der Waals surface area contributed by atoms with Crippen LogP contribution in [0.4, 0.5) is 0 Å². The number of fused-ring (bicyclic) bond motifs is 3. The van der Waals surface area contributed by atoms with E-state index in [1.807, 2.05) is 0 Å². The van der Waals surface area contributed by atoms with Crippen LogP contribution in [0.5, 0.6) is 11.5 Å². The number of hydrogen-bond acceptors (Lipinski definition) is 11. The highest BCUT2D eigenvalue weighted by molar-refractivity contribution is 7.12. The van der Waals surface area contributed by atoms with Crippen molar-refractivity contribution < 1.29 is 44.3 Å². The molecule has 186 valence electrons. The summed E-state index contributed by atoms with van der Waals surface area (Å²) in [5.41, 5.74) is 3.40. The molecule has 0 unspecified atom stereocenters. The van der Waals surface area contributed by atoms with Crippen LogP contribution in [0.3, 0.4) is 0 Å². The van der Waals surface area contributed by atoms with Gasteiger partial charge in [-0.2, -0.15) is 0 Å². The lowest BCUT2D eigenvalue weighted by Crippen LogP contribution is -2.52. The van der Waals surface area contributed by atoms with E-state index < -0.39 is 65.1 Å². The van der Waals surface area contributed by atoms with Gasteiger partial charge < -0.3 is 35.6 Å². The Bertz CT molecular complexity index is 1260. The van der Waals surface area contributed by atoms with Crippen LogP contribution in [-0.2, 0) is 20.7 Å². The second-order valence-electron chi connectivity index (χ2n) is 9.42. The number of aromatic hydroxyl groups is 2. The second kappa shape index (κ2) is 8.19. The zero-order valence-electron chi connectivity index (χ0n) is 19.0. The van der Waals surface area contributed by atoms with E-state index in [-0.39, 0.29) is 52.0 Å². The Balaban J connectivity index is 1.66. The number of ether oxygens (including phenoxy) is 2. The molecule has 6 N–H and O–H groups in total. The van der Waals surface area contributed by atoms with Crippen molar-refractivity contribution in [2.75, 3.05) is 0 Å². The summed E-state index contributed by atoms with van der Waals surface area (Å²) in [4.78, 5) is 38.9. The Morgan fingerprint density at radius 1 is 1.23 bits per heavy atom. The summed E-state index contributed by atoms with van der Waals surface area (Å²) in [5.74, 6) is -2.97. The molecule has 35 heavy (non-hydrogen) atoms. The van der Waals surface area contributed by atoms with E-state index in [1.165, 1.54) is 13.0 Å². The molecule has 0 spiro atoms. The van der Waals surface area contributed by atoms with Crippen LogP contribution in [-0.4, -0.2) is 67.9 Å². The number of phenolic OH excluding ortho intramolecular Hbond substituents is 2. The van der Waals surface area contributed by atoms with E-state index in [0.29, 0.717) is 0 Å². The standard InChI is InChI=1S/C24H25NO9S/c1-8-18(27)12(25)5-14(33-8)34-13-7-24(32,9(2)26)6-11-15(13)21(30)16-17(20(11)29)22(31)23-10(19(16)28)3-4-35-23/h3-4,8,12-14,18,27,29-30,32H,5-7,25H2,1-2H3/t8-,12-,13-,14-,18+,24-/m0/s1. The molecule has 1 aromatic carbocycles. The summed E-state index contributed by atoms with van der Waals surface area (Å²) in [6.45, 7) is 2.80. The number of hydrogen-bond donors (Lipinski definition) is 5. The van der Waals surface area contributed by atoms with Crippen molar-refractivity contribution in [3.8, 4) is 11.5 Å². The van der Waals surface area contributed by atoms with Crippen molar-refractivity contribution >= 4 is 28.7 Å². The summed E-state index contributed by atoms with van der Waals surface area (Å²) in [6, 6.07) is 0.811. The molecule has 6 atom stereocenters. The Hall–Kier alpha value is -2.67. The highest BCUT2D eigenvalue weighted by Crippen LogP contribution is 2.52. The van der Waals surface area contributed by atoms with Gasteiger partial charge in [-0.25, -0.2) is 0 Å². The molecule has 0 saturated carbocycles. The van der Waals surface area contributed by atoms with Gasteiger partial charge in [-0.3, -0.25) is 14.4 Å². The number of benzene rings is 1. The molecule has 5 rings (SSSR count). The van der Waals surface area contributed by atoms with Crippen LogP contribution in [0, 0.1) is 0 Å². The Labute approximate surface area is 203 Å². The maximum Gasteiger partial charge on any atom is 0.208 e. The Kier molecular flexibility index (Phi) is 5.62. The minimum absolute atomic E-state index is 0.00273. The number of thiophene rings is 1. The fraction of sp³-hybridized carbons (Fsp3) is 0.458. The van der Waals surface area contributed by atoms with E-state index in [4.69, 9.17) is 15.2 Å². The summed E-state index contributed by atoms with van der Waals surface area (Å²) >= 11 is 1.04. The summed E-state index contributed by atoms with van der Waals surface area (Å²) in [7, 11) is 0. The molecular weight excluding hydrogens is 478 g/mol. The lowest BCUT2D eigenvalue weighted by atomic mass is 9.73. The van der Waals surface area contributed by atoms with E-state index in [2.05, 4.69) is 0 Å². The molecule has 0 bridgehead atoms. The topological polar surface area (TPSA) is 177 Å². The third-order valence-corrected chi connectivity index (χ3v) is 8.11. The predicted molar refractivity (Wildman–Crippen MR) is 122 cm³/mol. The molecule has 10 nitrogen and oxygen atoms in total. The van der Waals surface area contributed by atoms with E-state index in [1.54, 1.807) is 12.3 Å². The summed E-state index contributed by atoms with van der Waals surface area (Å²) in [6.07, 6.45) is -4.33. The van der Waals surface area contributed by atoms with Crippen molar-refractivity contribution in [1.82, 2.24) is 0 Å². The SMILES string of the molecule is CC(=O)[C@]1(O)Cc2c(O)c3c(c(O)c2[C@@H](O[C@H]2C[C@H](N)[C@H](O)[C@H](C)O2)C1)C(=O)c1ccsc1C3=O. The van der Waals surface area contributed by atoms with Crippen LogP contribution in [0.15, 0.2) is 11.4 Å². The van der Waals surface area contributed by atoms with Crippen LogP contribution < -0.4 is 5.73 Å². The maximum atomic E-state index is 13.2. The largest absolute Gasteiger partial charge is 0.507 e. The quantitative estimate of drug-likeness (QED) is 0.325. The van der Waals surface area contributed by atoms with E-state index in [0.717, 1.165) is 11.3 Å². The van der Waals surface area contributed by atoms with Gasteiger partial charge in [0.05, 0.1) is 34.3 Å². The number of aliphatic hydroxyl groups excluding tert-OH is 1. The van der Waals surface area contributed by atoms with Gasteiger partial charge in [-0.15, -0.1) is 11.3 Å². The van der Waals surface area contributed by atoms with E-state index >= 15 is 0 Å². The third-order valence-electron chi connectivity index (χ3n) is 7.20. The van der Waals surface area contributed by atoms with Gasteiger partial charge in [0.15, 0.2) is 17.9 Å². The number of carbonyl (C=O) groups excluding carboxylic acids is 3. The van der Waals surface area contributed by atoms with Crippen molar-refractivity contribution in [3.05, 3.63) is 44.1 Å². The number of carbonyl (C=O) groups is 3. The first kappa shape index (κ1) is 24.0. The molecule has 1 aromatic heterocycles. The molecule has 11 heteroatoms. The Morgan fingerprint density at radius 2 is 1.91 bits per heavy atom. The fourth-order valence-electron chi connectivity index (χ4n) is 5.19. The number of ketones is 3. The van der Waals surface area contributed by atoms with Gasteiger partial charge in [0.1, 0.15) is 17.1 Å². The average molecular weight is 504 g/mol. The van der Waals surface area contributed by atoms with Crippen molar-refractivity contribution in [2.24, 2.45) is 5.73 Å². The second-order valence-corrected chi connectivity index (χ2v) is 10.3. The van der Waals surface area contributed by atoms with Gasteiger partial charge in [0.25, 0.3) is 0 Å². The predicted octanol–water partition coefficient (Wildman–Crippen LogP) is 1.08.